The van der Waals surface area contributed by atoms with Crippen LogP contribution in [0.2, 0.25) is 0 Å². The molecule has 5 heteroatoms. The molecule has 1 amide bonds. The first kappa shape index (κ1) is 14.9. The van der Waals surface area contributed by atoms with Gasteiger partial charge in [0.25, 0.3) is 5.91 Å². The number of nitrogens with one attached hydrogen (secondary N) is 1. The molecule has 0 spiro atoms. The highest BCUT2D eigenvalue weighted by Crippen LogP contribution is 2.05. The third-order valence-electron chi connectivity index (χ3n) is 2.62. The summed E-state index contributed by atoms with van der Waals surface area (Å²) in [7, 11) is 1.30. The minimum absolute atomic E-state index is 0.331. The van der Waals surface area contributed by atoms with Crippen molar-refractivity contribution >= 4 is 11.9 Å². The molecule has 0 aliphatic rings. The summed E-state index contributed by atoms with van der Waals surface area (Å²) in [4.78, 5) is 27.4. The summed E-state index contributed by atoms with van der Waals surface area (Å²) in [5.41, 5.74) is 0.417. The molecule has 0 unspecified atom stereocenters. The molecule has 1 rings (SSSR count). The highest BCUT2D eigenvalue weighted by Gasteiger charge is 2.21. The Labute approximate surface area is 112 Å². The van der Waals surface area contributed by atoms with Crippen LogP contribution in [0.1, 0.15) is 29.6 Å². The molecule has 102 valence electrons. The lowest BCUT2D eigenvalue weighted by atomic mass is 10.1. The summed E-state index contributed by atoms with van der Waals surface area (Å²) in [6.07, 6.45) is 6.88. The van der Waals surface area contributed by atoms with Gasteiger partial charge in [-0.15, -0.1) is 6.58 Å². The predicted octanol–water partition coefficient (Wildman–Crippen LogP) is 1.71. The maximum atomic E-state index is 11.9. The molecule has 0 aliphatic carbocycles. The van der Waals surface area contributed by atoms with Gasteiger partial charge in [-0.3, -0.25) is 9.78 Å². The van der Waals surface area contributed by atoms with Crippen molar-refractivity contribution in [1.82, 2.24) is 10.3 Å². The maximum absolute atomic E-state index is 11.9. The van der Waals surface area contributed by atoms with Gasteiger partial charge in [0, 0.05) is 12.4 Å². The monoisotopic (exact) mass is 262 g/mol. The molecule has 0 saturated heterocycles. The lowest BCUT2D eigenvalue weighted by molar-refractivity contribution is -0.143. The number of esters is 1. The topological polar surface area (TPSA) is 68.3 Å². The van der Waals surface area contributed by atoms with Crippen molar-refractivity contribution in [2.75, 3.05) is 7.11 Å². The van der Waals surface area contributed by atoms with Gasteiger partial charge in [0.2, 0.25) is 0 Å². The molecule has 0 fully saturated rings. The van der Waals surface area contributed by atoms with Crippen molar-refractivity contribution in [2.24, 2.45) is 0 Å². The van der Waals surface area contributed by atoms with Crippen LogP contribution in [-0.2, 0) is 9.53 Å². The highest BCUT2D eigenvalue weighted by molar-refractivity contribution is 5.96. The molecule has 1 aromatic heterocycles. The zero-order valence-electron chi connectivity index (χ0n) is 11.0. The number of hydrogen-bond donors (Lipinski definition) is 1. The number of hydrogen-bond acceptors (Lipinski definition) is 4. The highest BCUT2D eigenvalue weighted by atomic mass is 16.5. The van der Waals surface area contributed by atoms with Crippen LogP contribution in [0.5, 0.6) is 0 Å². The van der Waals surface area contributed by atoms with Crippen molar-refractivity contribution in [1.29, 1.82) is 0 Å². The number of allylic oxidation sites excluding steroid dienone is 1. The van der Waals surface area contributed by atoms with Crippen molar-refractivity contribution in [3.8, 4) is 0 Å². The summed E-state index contributed by atoms with van der Waals surface area (Å²) in [5, 5.41) is 2.66. The Morgan fingerprint density at radius 2 is 2.37 bits per heavy atom. The Hall–Kier alpha value is -2.17. The van der Waals surface area contributed by atoms with E-state index in [1.54, 1.807) is 24.4 Å². The molecule has 0 aliphatic heterocycles. The van der Waals surface area contributed by atoms with E-state index >= 15 is 0 Å². The fourth-order valence-electron chi connectivity index (χ4n) is 1.60. The van der Waals surface area contributed by atoms with E-state index in [2.05, 4.69) is 21.6 Å². The normalized spacial score (nSPS) is 11.4. The van der Waals surface area contributed by atoms with Crippen LogP contribution in [-0.4, -0.2) is 30.0 Å². The van der Waals surface area contributed by atoms with Gasteiger partial charge < -0.3 is 10.1 Å². The third-order valence-corrected chi connectivity index (χ3v) is 2.62. The Bertz CT molecular complexity index is 432. The van der Waals surface area contributed by atoms with Gasteiger partial charge in [0.15, 0.2) is 0 Å². The minimum atomic E-state index is -0.641. The standard InChI is InChI=1S/C14H18N2O3/c1-3-4-5-8-12(14(18)19-2)16-13(17)11-7-6-9-15-10-11/h3,6-7,9-10,12H,1,4-5,8H2,2H3,(H,16,17)/t12-/m0/s1. The number of carbonyl (C=O) groups is 2. The molecule has 19 heavy (non-hydrogen) atoms. The number of rotatable bonds is 7. The Morgan fingerprint density at radius 1 is 1.58 bits per heavy atom. The van der Waals surface area contributed by atoms with E-state index < -0.39 is 12.0 Å². The average Bonchev–Trinajstić information content (AvgIpc) is 2.46. The second-order valence-corrected chi connectivity index (χ2v) is 4.01. The fraction of sp³-hybridized carbons (Fsp3) is 0.357. The molecule has 1 aromatic rings. The van der Waals surface area contributed by atoms with E-state index in [0.717, 1.165) is 12.8 Å². The van der Waals surface area contributed by atoms with Crippen molar-refractivity contribution in [3.63, 3.8) is 0 Å². The molecular weight excluding hydrogens is 244 g/mol. The molecule has 0 radical (unpaired) electrons. The van der Waals surface area contributed by atoms with Crippen molar-refractivity contribution < 1.29 is 14.3 Å². The zero-order chi connectivity index (χ0) is 14.1. The van der Waals surface area contributed by atoms with Gasteiger partial charge >= 0.3 is 5.97 Å². The molecular formula is C14H18N2O3. The number of aromatic nitrogens is 1. The van der Waals surface area contributed by atoms with Crippen LogP contribution in [0.4, 0.5) is 0 Å². The van der Waals surface area contributed by atoms with E-state index in [-0.39, 0.29) is 5.91 Å². The molecule has 1 heterocycles. The van der Waals surface area contributed by atoms with Crippen molar-refractivity contribution in [2.45, 2.75) is 25.3 Å². The van der Waals surface area contributed by atoms with Crippen LogP contribution in [0, 0.1) is 0 Å². The third kappa shape index (κ3) is 4.91. The largest absolute Gasteiger partial charge is 0.467 e. The van der Waals surface area contributed by atoms with E-state index in [1.807, 2.05) is 0 Å². The molecule has 1 N–H and O–H groups in total. The number of nitrogens with zero attached hydrogens (tertiary/aromatic N) is 1. The van der Waals surface area contributed by atoms with Crippen LogP contribution in [0.15, 0.2) is 37.2 Å². The molecule has 0 aromatic carbocycles. The first-order valence-electron chi connectivity index (χ1n) is 6.08. The summed E-state index contributed by atoms with van der Waals surface area (Å²) >= 11 is 0. The Balaban J connectivity index is 2.63. The summed E-state index contributed by atoms with van der Waals surface area (Å²) < 4.78 is 4.68. The first-order valence-corrected chi connectivity index (χ1v) is 6.08. The molecule has 1 atom stereocenters. The lowest BCUT2D eigenvalue weighted by Gasteiger charge is -2.16. The number of methoxy groups -OCH3 is 1. The Kier molecular flexibility index (Phi) is 6.29. The van der Waals surface area contributed by atoms with Gasteiger partial charge in [-0.1, -0.05) is 6.08 Å². The SMILES string of the molecule is C=CCCC[C@H](NC(=O)c1cccnc1)C(=O)OC. The summed E-state index contributed by atoms with van der Waals surface area (Å²) in [6.45, 7) is 3.62. The van der Waals surface area contributed by atoms with Crippen LogP contribution >= 0.6 is 0 Å². The maximum Gasteiger partial charge on any atom is 0.328 e. The quantitative estimate of drug-likeness (QED) is 0.461. The number of ether oxygens (including phenoxy) is 1. The second-order valence-electron chi connectivity index (χ2n) is 4.01. The summed E-state index contributed by atoms with van der Waals surface area (Å²) in [6, 6.07) is 2.66. The lowest BCUT2D eigenvalue weighted by Crippen LogP contribution is -2.41. The molecule has 5 nitrogen and oxygen atoms in total. The van der Waals surface area contributed by atoms with E-state index in [9.17, 15) is 9.59 Å². The number of unbranched alkanes of at least 4 members (excludes halogenated alkanes) is 1. The van der Waals surface area contributed by atoms with Gasteiger partial charge in [-0.05, 0) is 31.4 Å². The first-order chi connectivity index (χ1) is 9.19. The predicted molar refractivity (Wildman–Crippen MR) is 71.6 cm³/mol. The van der Waals surface area contributed by atoms with Crippen molar-refractivity contribution in [3.05, 3.63) is 42.7 Å². The fourth-order valence-corrected chi connectivity index (χ4v) is 1.60. The van der Waals surface area contributed by atoms with E-state index in [0.29, 0.717) is 12.0 Å². The Morgan fingerprint density at radius 3 is 2.95 bits per heavy atom. The van der Waals surface area contributed by atoms with Crippen LogP contribution in [0.3, 0.4) is 0 Å². The average molecular weight is 262 g/mol. The number of pyridine rings is 1. The minimum Gasteiger partial charge on any atom is -0.467 e. The van der Waals surface area contributed by atoms with Gasteiger partial charge in [-0.25, -0.2) is 4.79 Å². The zero-order valence-corrected chi connectivity index (χ0v) is 11.0. The van der Waals surface area contributed by atoms with Crippen LogP contribution < -0.4 is 5.32 Å². The molecule has 0 saturated carbocycles. The van der Waals surface area contributed by atoms with Crippen LogP contribution in [0.25, 0.3) is 0 Å². The van der Waals surface area contributed by atoms with E-state index in [4.69, 9.17) is 0 Å². The number of amides is 1. The number of carbonyl (C=O) groups excluding carboxylic acids is 2. The summed E-state index contributed by atoms with van der Waals surface area (Å²) in [5.74, 6) is -0.775. The van der Waals surface area contributed by atoms with Gasteiger partial charge in [0.1, 0.15) is 6.04 Å². The smallest absolute Gasteiger partial charge is 0.328 e. The van der Waals surface area contributed by atoms with Gasteiger partial charge in [0.05, 0.1) is 12.7 Å². The molecule has 0 bridgehead atoms. The van der Waals surface area contributed by atoms with Gasteiger partial charge in [-0.2, -0.15) is 0 Å². The second kappa shape index (κ2) is 8.02. The van der Waals surface area contributed by atoms with E-state index in [1.165, 1.54) is 13.3 Å².